The predicted octanol–water partition coefficient (Wildman–Crippen LogP) is 6.63. The fourth-order valence-electron chi connectivity index (χ4n) is 4.10. The highest BCUT2D eigenvalue weighted by Crippen LogP contribution is 2.44. The third-order valence-corrected chi connectivity index (χ3v) is 8.41. The summed E-state index contributed by atoms with van der Waals surface area (Å²) in [6, 6.07) is 11.1. The first-order valence-corrected chi connectivity index (χ1v) is 17.4. The molecule has 0 saturated carbocycles. The molecule has 1 aromatic rings. The highest BCUT2D eigenvalue weighted by Gasteiger charge is 2.56. The Balaban J connectivity index is 1.93. The number of thioether (sulfide) groups is 1. The summed E-state index contributed by atoms with van der Waals surface area (Å²) in [6.07, 6.45) is 2.01. The van der Waals surface area contributed by atoms with Gasteiger partial charge in [0.25, 0.3) is 0 Å². The SMILES string of the molecule is CC1(C)O[C@@H]([C@H]2OC(C)(C)O[C@@H]2Sc2ccccc2)[C@H]([C@H](/C=C/C[Si](C)(C)C)OC(=O)C(C)(C)C)O1. The second-order valence-electron chi connectivity index (χ2n) is 12.8. The first-order valence-electron chi connectivity index (χ1n) is 12.8. The number of carbonyl (C=O) groups excluding carboxylic acids is 1. The fraction of sp³-hybridized carbons (Fsp3) is 0.679. The zero-order chi connectivity index (χ0) is 26.9. The molecule has 0 amide bonds. The summed E-state index contributed by atoms with van der Waals surface area (Å²) in [4.78, 5) is 14.1. The van der Waals surface area contributed by atoms with Gasteiger partial charge in [-0.3, -0.25) is 4.79 Å². The molecule has 5 atom stereocenters. The summed E-state index contributed by atoms with van der Waals surface area (Å²) in [7, 11) is -1.33. The Morgan fingerprint density at radius 3 is 2.17 bits per heavy atom. The molecule has 0 N–H and O–H groups in total. The van der Waals surface area contributed by atoms with Crippen molar-refractivity contribution in [1.82, 2.24) is 0 Å². The molecule has 202 valence electrons. The van der Waals surface area contributed by atoms with Crippen LogP contribution in [0, 0.1) is 5.41 Å². The van der Waals surface area contributed by atoms with Crippen LogP contribution in [-0.2, 0) is 28.5 Å². The van der Waals surface area contributed by atoms with E-state index in [-0.39, 0.29) is 11.4 Å². The van der Waals surface area contributed by atoms with Crippen LogP contribution < -0.4 is 0 Å². The molecule has 2 fully saturated rings. The summed E-state index contributed by atoms with van der Waals surface area (Å²) in [5.41, 5.74) is -0.965. The van der Waals surface area contributed by atoms with E-state index in [2.05, 4.69) is 37.8 Å². The molecular weight excluding hydrogens is 492 g/mol. The molecule has 8 heteroatoms. The van der Waals surface area contributed by atoms with Gasteiger partial charge in [-0.15, -0.1) is 0 Å². The number of hydrogen-bond acceptors (Lipinski definition) is 7. The van der Waals surface area contributed by atoms with E-state index >= 15 is 0 Å². The van der Waals surface area contributed by atoms with Crippen molar-refractivity contribution in [1.29, 1.82) is 0 Å². The van der Waals surface area contributed by atoms with E-state index in [1.165, 1.54) is 0 Å². The number of benzene rings is 1. The summed E-state index contributed by atoms with van der Waals surface area (Å²) in [5, 5.41) is 0. The molecule has 2 aliphatic heterocycles. The lowest BCUT2D eigenvalue weighted by molar-refractivity contribution is -0.176. The van der Waals surface area contributed by atoms with Crippen LogP contribution in [0.1, 0.15) is 48.5 Å². The van der Waals surface area contributed by atoms with Gasteiger partial charge in [0.1, 0.15) is 29.9 Å². The Hall–Kier alpha value is -1.16. The van der Waals surface area contributed by atoms with E-state index in [1.807, 2.05) is 72.7 Å². The first kappa shape index (κ1) is 29.4. The van der Waals surface area contributed by atoms with Crippen LogP contribution in [0.4, 0.5) is 0 Å². The van der Waals surface area contributed by atoms with E-state index in [0.29, 0.717) is 0 Å². The maximum absolute atomic E-state index is 13.0. The Bertz CT molecular complexity index is 918. The molecule has 36 heavy (non-hydrogen) atoms. The number of hydrogen-bond donors (Lipinski definition) is 0. The zero-order valence-corrected chi connectivity index (χ0v) is 25.3. The van der Waals surface area contributed by atoms with Gasteiger partial charge in [0.2, 0.25) is 0 Å². The molecule has 6 nitrogen and oxygen atoms in total. The topological polar surface area (TPSA) is 63.2 Å². The van der Waals surface area contributed by atoms with Crippen LogP contribution in [0.15, 0.2) is 47.4 Å². The van der Waals surface area contributed by atoms with E-state index in [1.54, 1.807) is 11.8 Å². The lowest BCUT2D eigenvalue weighted by atomic mass is 9.96. The highest BCUT2D eigenvalue weighted by atomic mass is 32.2. The van der Waals surface area contributed by atoms with Crippen molar-refractivity contribution < 1.29 is 28.5 Å². The van der Waals surface area contributed by atoms with Crippen LogP contribution in [0.3, 0.4) is 0 Å². The average molecular weight is 537 g/mol. The molecule has 0 aliphatic carbocycles. The van der Waals surface area contributed by atoms with Crippen LogP contribution in [-0.4, -0.2) is 55.5 Å². The number of carbonyl (C=O) groups is 1. The zero-order valence-electron chi connectivity index (χ0n) is 23.5. The largest absolute Gasteiger partial charge is 0.455 e. The molecule has 0 radical (unpaired) electrons. The second-order valence-corrected chi connectivity index (χ2v) is 19.5. The van der Waals surface area contributed by atoms with Crippen molar-refractivity contribution in [2.24, 2.45) is 5.41 Å². The number of allylic oxidation sites excluding steroid dienone is 1. The van der Waals surface area contributed by atoms with Crippen molar-refractivity contribution in [3.63, 3.8) is 0 Å². The van der Waals surface area contributed by atoms with Gasteiger partial charge in [-0.05, 0) is 72.7 Å². The van der Waals surface area contributed by atoms with Gasteiger partial charge in [-0.25, -0.2) is 0 Å². The van der Waals surface area contributed by atoms with Crippen molar-refractivity contribution in [3.05, 3.63) is 42.5 Å². The van der Waals surface area contributed by atoms with Crippen molar-refractivity contribution in [2.75, 3.05) is 0 Å². The Morgan fingerprint density at radius 1 is 1.00 bits per heavy atom. The van der Waals surface area contributed by atoms with Gasteiger partial charge >= 0.3 is 5.97 Å². The van der Waals surface area contributed by atoms with Gasteiger partial charge in [0.05, 0.1) is 5.41 Å². The summed E-state index contributed by atoms with van der Waals surface area (Å²) in [6.45, 7) is 20.1. The van der Waals surface area contributed by atoms with E-state index < -0.39 is 49.5 Å². The van der Waals surface area contributed by atoms with Crippen LogP contribution in [0.25, 0.3) is 0 Å². The maximum atomic E-state index is 13.0. The second kappa shape index (κ2) is 10.9. The van der Waals surface area contributed by atoms with Crippen molar-refractivity contribution in [2.45, 2.75) is 120 Å². The lowest BCUT2D eigenvalue weighted by Gasteiger charge is -2.30. The van der Waals surface area contributed by atoms with Gasteiger partial charge < -0.3 is 23.7 Å². The van der Waals surface area contributed by atoms with E-state index in [4.69, 9.17) is 23.7 Å². The van der Waals surface area contributed by atoms with Crippen LogP contribution in [0.2, 0.25) is 25.7 Å². The minimum absolute atomic E-state index is 0.281. The fourth-order valence-corrected chi connectivity index (χ4v) is 6.15. The third kappa shape index (κ3) is 8.17. The molecule has 0 aromatic heterocycles. The predicted molar refractivity (Wildman–Crippen MR) is 147 cm³/mol. The average Bonchev–Trinajstić information content (AvgIpc) is 3.20. The summed E-state index contributed by atoms with van der Waals surface area (Å²) >= 11 is 1.60. The highest BCUT2D eigenvalue weighted by molar-refractivity contribution is 7.99. The smallest absolute Gasteiger partial charge is 0.311 e. The molecule has 0 unspecified atom stereocenters. The maximum Gasteiger partial charge on any atom is 0.311 e. The molecule has 0 spiro atoms. The normalized spacial score (nSPS) is 28.9. The van der Waals surface area contributed by atoms with Crippen molar-refractivity contribution in [3.8, 4) is 0 Å². The Labute approximate surface area is 222 Å². The van der Waals surface area contributed by atoms with Crippen LogP contribution in [0.5, 0.6) is 0 Å². The van der Waals surface area contributed by atoms with Gasteiger partial charge in [-0.2, -0.15) is 0 Å². The number of rotatable bonds is 8. The quantitative estimate of drug-likeness (QED) is 0.210. The van der Waals surface area contributed by atoms with Gasteiger partial charge in [0, 0.05) is 13.0 Å². The monoisotopic (exact) mass is 536 g/mol. The van der Waals surface area contributed by atoms with Gasteiger partial charge in [0.15, 0.2) is 11.6 Å². The van der Waals surface area contributed by atoms with Gasteiger partial charge in [-0.1, -0.05) is 55.7 Å². The number of ether oxygens (including phenoxy) is 5. The number of esters is 1. The summed E-state index contributed by atoms with van der Waals surface area (Å²) in [5.74, 6) is -1.94. The lowest BCUT2D eigenvalue weighted by Crippen LogP contribution is -2.47. The molecule has 3 rings (SSSR count). The molecule has 2 saturated heterocycles. The third-order valence-electron chi connectivity index (χ3n) is 5.81. The minimum atomic E-state index is -1.33. The minimum Gasteiger partial charge on any atom is -0.455 e. The van der Waals surface area contributed by atoms with Crippen LogP contribution >= 0.6 is 11.8 Å². The van der Waals surface area contributed by atoms with E-state index in [0.717, 1.165) is 10.9 Å². The molecule has 2 aliphatic rings. The standard InChI is InChI=1S/C28H44O6SSi/c1-26(2,3)25(29)30-20(17-14-18-36(8,9)10)21-22(32-27(4,5)31-21)23-24(34-28(6,7)33-23)35-19-15-12-11-13-16-19/h11-17,20-24H,18H2,1-10H3/b17-14+/t20-,21-,22+,23+,24+/m0/s1. The van der Waals surface area contributed by atoms with E-state index in [9.17, 15) is 4.79 Å². The molecule has 0 bridgehead atoms. The Kier molecular flexibility index (Phi) is 8.91. The Morgan fingerprint density at radius 2 is 1.58 bits per heavy atom. The molecular formula is C28H44O6SSi. The molecule has 2 heterocycles. The molecule has 1 aromatic carbocycles. The first-order chi connectivity index (χ1) is 16.5. The van der Waals surface area contributed by atoms with Crippen molar-refractivity contribution >= 4 is 25.8 Å². The summed E-state index contributed by atoms with van der Waals surface area (Å²) < 4.78 is 31.7.